The summed E-state index contributed by atoms with van der Waals surface area (Å²) in [6.45, 7) is 2.23. The zero-order valence-electron chi connectivity index (χ0n) is 12.1. The Hall–Kier alpha value is -1.61. The summed E-state index contributed by atoms with van der Waals surface area (Å²) in [7, 11) is 0. The summed E-state index contributed by atoms with van der Waals surface area (Å²) in [5.41, 5.74) is 3.99. The van der Waals surface area contributed by atoms with E-state index in [1.165, 1.54) is 29.5 Å². The minimum absolute atomic E-state index is 0.297. The first-order chi connectivity index (χ1) is 10.3. The van der Waals surface area contributed by atoms with Crippen LogP contribution in [0.1, 0.15) is 53.6 Å². The number of hydrogen-bond donors (Lipinski definition) is 1. The van der Waals surface area contributed by atoms with Crippen molar-refractivity contribution >= 4 is 16.8 Å². The third-order valence-electron chi connectivity index (χ3n) is 5.88. The predicted octanol–water partition coefficient (Wildman–Crippen LogP) is 3.26. The van der Waals surface area contributed by atoms with Gasteiger partial charge < -0.3 is 5.32 Å². The largest absolute Gasteiger partial charge is 0.316 e. The number of rotatable bonds is 0. The van der Waals surface area contributed by atoms with Crippen LogP contribution in [-0.4, -0.2) is 23.6 Å². The van der Waals surface area contributed by atoms with E-state index in [1.807, 2.05) is 0 Å². The van der Waals surface area contributed by atoms with Gasteiger partial charge in [0.1, 0.15) is 0 Å². The average Bonchev–Trinajstić information content (AvgIpc) is 2.88. The van der Waals surface area contributed by atoms with Crippen LogP contribution in [0.3, 0.4) is 0 Å². The Balaban J connectivity index is 1.86. The quantitative estimate of drug-likeness (QED) is 0.803. The molecule has 1 saturated heterocycles. The van der Waals surface area contributed by atoms with Gasteiger partial charge in [0.15, 0.2) is 0 Å². The molecule has 2 aromatic rings. The zero-order chi connectivity index (χ0) is 14.0. The van der Waals surface area contributed by atoms with E-state index in [0.717, 1.165) is 30.9 Å². The standard InChI is InChI=1S/C18H20N2O/c21-16-6-5-12-9-11-7-8-19-10-14(11)17-13-3-1-2-4-15(13)20(16)18(12)17/h1-4,11-12,14,19H,5-10H2/t11-,12-,14-/m0/s1. The minimum Gasteiger partial charge on any atom is -0.316 e. The lowest BCUT2D eigenvalue weighted by Crippen LogP contribution is -2.40. The van der Waals surface area contributed by atoms with Gasteiger partial charge in [-0.3, -0.25) is 9.36 Å². The molecule has 0 saturated carbocycles. The third-order valence-corrected chi connectivity index (χ3v) is 5.88. The van der Waals surface area contributed by atoms with Crippen LogP contribution >= 0.6 is 0 Å². The first-order valence-corrected chi connectivity index (χ1v) is 8.21. The summed E-state index contributed by atoms with van der Waals surface area (Å²) in [5, 5.41) is 4.89. The van der Waals surface area contributed by atoms with Crippen molar-refractivity contribution in [2.24, 2.45) is 5.92 Å². The lowest BCUT2D eigenvalue weighted by atomic mass is 9.68. The second kappa shape index (κ2) is 4.20. The van der Waals surface area contributed by atoms with Crippen LogP contribution in [-0.2, 0) is 0 Å². The number of nitrogens with zero attached hydrogens (tertiary/aromatic N) is 1. The molecule has 0 radical (unpaired) electrons. The summed E-state index contributed by atoms with van der Waals surface area (Å²) in [4.78, 5) is 12.5. The molecule has 21 heavy (non-hydrogen) atoms. The van der Waals surface area contributed by atoms with Gasteiger partial charge in [-0.25, -0.2) is 0 Å². The molecule has 3 aliphatic rings. The second-order valence-electron chi connectivity index (χ2n) is 6.88. The van der Waals surface area contributed by atoms with Gasteiger partial charge >= 0.3 is 0 Å². The van der Waals surface area contributed by atoms with Crippen LogP contribution in [0.4, 0.5) is 0 Å². The van der Waals surface area contributed by atoms with Gasteiger partial charge in [0.2, 0.25) is 5.91 Å². The molecule has 0 spiro atoms. The highest BCUT2D eigenvalue weighted by Gasteiger charge is 2.42. The molecule has 108 valence electrons. The van der Waals surface area contributed by atoms with Crippen LogP contribution in [0.5, 0.6) is 0 Å². The summed E-state index contributed by atoms with van der Waals surface area (Å²) >= 11 is 0. The lowest BCUT2D eigenvalue weighted by Gasteiger charge is -2.41. The Morgan fingerprint density at radius 1 is 1.19 bits per heavy atom. The maximum absolute atomic E-state index is 12.5. The van der Waals surface area contributed by atoms with Gasteiger partial charge in [-0.2, -0.15) is 0 Å². The molecule has 3 heteroatoms. The Kier molecular flexibility index (Phi) is 2.40. The summed E-state index contributed by atoms with van der Waals surface area (Å²) < 4.78 is 2.06. The number of carbonyl (C=O) groups is 1. The third kappa shape index (κ3) is 1.50. The van der Waals surface area contributed by atoms with E-state index < -0.39 is 0 Å². The Labute approximate surface area is 124 Å². The zero-order valence-corrected chi connectivity index (χ0v) is 12.1. The molecule has 3 atom stereocenters. The molecule has 1 N–H and O–H groups in total. The summed E-state index contributed by atoms with van der Waals surface area (Å²) in [5.74, 6) is 2.30. The first-order valence-electron chi connectivity index (χ1n) is 8.21. The molecular formula is C18H20N2O. The number of para-hydroxylation sites is 1. The fourth-order valence-electron chi connectivity index (χ4n) is 5.02. The fraction of sp³-hybridized carbons (Fsp3) is 0.500. The van der Waals surface area contributed by atoms with Crippen molar-refractivity contribution in [1.82, 2.24) is 9.88 Å². The average molecular weight is 280 g/mol. The van der Waals surface area contributed by atoms with Crippen LogP contribution < -0.4 is 5.32 Å². The second-order valence-corrected chi connectivity index (χ2v) is 6.88. The van der Waals surface area contributed by atoms with Crippen LogP contribution in [0, 0.1) is 5.92 Å². The van der Waals surface area contributed by atoms with Crippen molar-refractivity contribution in [1.29, 1.82) is 0 Å². The van der Waals surface area contributed by atoms with E-state index in [9.17, 15) is 4.79 Å². The van der Waals surface area contributed by atoms with E-state index in [1.54, 1.807) is 0 Å². The molecule has 1 aliphatic carbocycles. The number of hydrogen-bond acceptors (Lipinski definition) is 2. The first kappa shape index (κ1) is 12.0. The van der Waals surface area contributed by atoms with E-state index in [0.29, 0.717) is 24.2 Å². The van der Waals surface area contributed by atoms with E-state index >= 15 is 0 Å². The van der Waals surface area contributed by atoms with Gasteiger partial charge in [-0.1, -0.05) is 18.2 Å². The summed E-state index contributed by atoms with van der Waals surface area (Å²) in [6, 6.07) is 8.52. The van der Waals surface area contributed by atoms with Gasteiger partial charge in [-0.15, -0.1) is 0 Å². The maximum atomic E-state index is 12.5. The minimum atomic E-state index is 0.297. The molecule has 3 nitrogen and oxygen atoms in total. The van der Waals surface area contributed by atoms with Crippen molar-refractivity contribution in [3.8, 4) is 0 Å². The molecule has 3 heterocycles. The van der Waals surface area contributed by atoms with Crippen LogP contribution in [0.2, 0.25) is 0 Å². The van der Waals surface area contributed by atoms with E-state index in [-0.39, 0.29) is 0 Å². The highest BCUT2D eigenvalue weighted by Crippen LogP contribution is 2.51. The Morgan fingerprint density at radius 3 is 3.05 bits per heavy atom. The van der Waals surface area contributed by atoms with Gasteiger partial charge in [-0.05, 0) is 43.4 Å². The SMILES string of the molecule is O=C1CC[C@H]2C[C@@H]3CCNC[C@@H]3c3c2n1c1ccccc31. The molecular weight excluding hydrogens is 260 g/mol. The molecule has 0 bridgehead atoms. The van der Waals surface area contributed by atoms with Crippen molar-refractivity contribution < 1.29 is 4.79 Å². The van der Waals surface area contributed by atoms with Crippen molar-refractivity contribution in [2.75, 3.05) is 13.1 Å². The van der Waals surface area contributed by atoms with Gasteiger partial charge in [0.05, 0.1) is 5.52 Å². The number of aromatic nitrogens is 1. The Morgan fingerprint density at radius 2 is 2.10 bits per heavy atom. The van der Waals surface area contributed by atoms with Crippen molar-refractivity contribution in [3.63, 3.8) is 0 Å². The Bertz CT molecular complexity index is 745. The number of nitrogens with one attached hydrogen (secondary N) is 1. The van der Waals surface area contributed by atoms with Crippen molar-refractivity contribution in [2.45, 2.75) is 37.5 Å². The predicted molar refractivity (Wildman–Crippen MR) is 82.9 cm³/mol. The summed E-state index contributed by atoms with van der Waals surface area (Å²) in [6.07, 6.45) is 4.33. The number of piperidine rings is 1. The van der Waals surface area contributed by atoms with Crippen LogP contribution in [0.15, 0.2) is 24.3 Å². The molecule has 2 aliphatic heterocycles. The monoisotopic (exact) mass is 280 g/mol. The fourth-order valence-corrected chi connectivity index (χ4v) is 5.02. The molecule has 5 rings (SSSR count). The smallest absolute Gasteiger partial charge is 0.231 e. The van der Waals surface area contributed by atoms with Crippen molar-refractivity contribution in [3.05, 3.63) is 35.5 Å². The molecule has 1 aromatic carbocycles. The molecule has 1 aromatic heterocycles. The number of carbonyl (C=O) groups excluding carboxylic acids is 1. The number of fused-ring (bicyclic) bond motifs is 5. The van der Waals surface area contributed by atoms with E-state index in [2.05, 4.69) is 34.1 Å². The number of benzene rings is 1. The van der Waals surface area contributed by atoms with Gasteiger partial charge in [0, 0.05) is 35.9 Å². The molecule has 0 amide bonds. The maximum Gasteiger partial charge on any atom is 0.231 e. The highest BCUT2D eigenvalue weighted by atomic mass is 16.2. The van der Waals surface area contributed by atoms with Crippen LogP contribution in [0.25, 0.3) is 10.9 Å². The molecule has 0 unspecified atom stereocenters. The normalized spacial score (nSPS) is 31.0. The van der Waals surface area contributed by atoms with E-state index in [4.69, 9.17) is 0 Å². The molecule has 1 fully saturated rings. The topological polar surface area (TPSA) is 34.0 Å². The highest BCUT2D eigenvalue weighted by molar-refractivity contribution is 5.97. The van der Waals surface area contributed by atoms with Gasteiger partial charge in [0.25, 0.3) is 0 Å². The lowest BCUT2D eigenvalue weighted by molar-refractivity contribution is 0.0869.